The number of benzene rings is 1. The van der Waals surface area contributed by atoms with Crippen LogP contribution in [0.2, 0.25) is 0 Å². The number of aldehydes is 1. The van der Waals surface area contributed by atoms with E-state index in [2.05, 4.69) is 14.9 Å². The van der Waals surface area contributed by atoms with E-state index in [-0.39, 0.29) is 11.4 Å². The number of hydrogen-bond donors (Lipinski definition) is 0. The first-order valence-electron chi connectivity index (χ1n) is 4.72. The molecule has 0 amide bonds. The van der Waals surface area contributed by atoms with Gasteiger partial charge in [-0.3, -0.25) is 4.79 Å². The Hall–Kier alpha value is -2.38. The highest BCUT2D eigenvalue weighted by atomic mass is 19.4. The summed E-state index contributed by atoms with van der Waals surface area (Å²) in [7, 11) is 0. The first-order valence-corrected chi connectivity index (χ1v) is 4.72. The Balaban J connectivity index is 2.19. The van der Waals surface area contributed by atoms with E-state index in [0.717, 1.165) is 16.9 Å². The van der Waals surface area contributed by atoms with Crippen molar-refractivity contribution in [2.75, 3.05) is 0 Å². The van der Waals surface area contributed by atoms with E-state index >= 15 is 0 Å². The molecule has 0 saturated heterocycles. The second-order valence-electron chi connectivity index (χ2n) is 3.22. The number of nitrogens with zero attached hydrogens (tertiary/aromatic N) is 3. The lowest BCUT2D eigenvalue weighted by Crippen LogP contribution is -2.17. The van der Waals surface area contributed by atoms with Gasteiger partial charge in [-0.15, -0.1) is 18.3 Å². The predicted octanol–water partition coefficient (Wildman–Crippen LogP) is 1.98. The number of aromatic nitrogens is 3. The molecule has 0 bridgehead atoms. The van der Waals surface area contributed by atoms with Gasteiger partial charge in [0.15, 0.2) is 6.29 Å². The maximum Gasteiger partial charge on any atom is 0.573 e. The fourth-order valence-corrected chi connectivity index (χ4v) is 1.23. The summed E-state index contributed by atoms with van der Waals surface area (Å²) >= 11 is 0. The number of alkyl halides is 3. The molecule has 1 aromatic heterocycles. The van der Waals surface area contributed by atoms with Gasteiger partial charge in [-0.1, -0.05) is 0 Å². The summed E-state index contributed by atoms with van der Waals surface area (Å²) < 4.78 is 39.5. The van der Waals surface area contributed by atoms with Gasteiger partial charge in [-0.25, -0.2) is 0 Å². The van der Waals surface area contributed by atoms with Gasteiger partial charge in [0.05, 0.1) is 11.9 Å². The monoisotopic (exact) mass is 257 g/mol. The predicted molar refractivity (Wildman–Crippen MR) is 53.4 cm³/mol. The van der Waals surface area contributed by atoms with Crippen molar-refractivity contribution < 1.29 is 22.7 Å². The molecule has 2 rings (SSSR count). The minimum absolute atomic E-state index is 0.130. The summed E-state index contributed by atoms with van der Waals surface area (Å²) in [5.41, 5.74) is 0.545. The van der Waals surface area contributed by atoms with Crippen molar-refractivity contribution in [3.8, 4) is 11.4 Å². The van der Waals surface area contributed by atoms with Gasteiger partial charge in [0, 0.05) is 0 Å². The lowest BCUT2D eigenvalue weighted by Gasteiger charge is -2.08. The van der Waals surface area contributed by atoms with Crippen LogP contribution in [0.5, 0.6) is 5.75 Å². The number of hydrogen-bond acceptors (Lipinski definition) is 4. The van der Waals surface area contributed by atoms with Crippen molar-refractivity contribution >= 4 is 6.29 Å². The summed E-state index contributed by atoms with van der Waals surface area (Å²) in [6.45, 7) is 0. The third-order valence-electron chi connectivity index (χ3n) is 1.93. The zero-order valence-electron chi connectivity index (χ0n) is 8.76. The van der Waals surface area contributed by atoms with Gasteiger partial charge in [-0.2, -0.15) is 9.90 Å². The molecule has 2 aromatic rings. The molecule has 1 heterocycles. The summed E-state index contributed by atoms with van der Waals surface area (Å²) in [6.07, 6.45) is -2.96. The Morgan fingerprint density at radius 2 is 1.89 bits per heavy atom. The molecule has 0 radical (unpaired) electrons. The molecule has 0 aliphatic heterocycles. The minimum Gasteiger partial charge on any atom is -0.406 e. The standard InChI is InChI=1S/C10H6F3N3O2/c11-10(12,13)18-9-3-1-8(2-4-9)16-14-5-7(6-17)15-16/h1-6H. The zero-order valence-corrected chi connectivity index (χ0v) is 8.76. The van der Waals surface area contributed by atoms with Crippen molar-refractivity contribution in [2.45, 2.75) is 6.36 Å². The highest BCUT2D eigenvalue weighted by Crippen LogP contribution is 2.23. The van der Waals surface area contributed by atoms with Crippen LogP contribution in [0.25, 0.3) is 5.69 Å². The maximum absolute atomic E-state index is 11.9. The molecule has 5 nitrogen and oxygen atoms in total. The van der Waals surface area contributed by atoms with E-state index in [4.69, 9.17) is 0 Å². The SMILES string of the molecule is O=Cc1cnn(-c2ccc(OC(F)(F)F)cc2)n1. The average Bonchev–Trinajstić information content (AvgIpc) is 2.76. The van der Waals surface area contributed by atoms with Crippen LogP contribution in [0.3, 0.4) is 0 Å². The van der Waals surface area contributed by atoms with Crippen LogP contribution in [-0.4, -0.2) is 27.6 Å². The average molecular weight is 257 g/mol. The Morgan fingerprint density at radius 3 is 2.39 bits per heavy atom. The van der Waals surface area contributed by atoms with Crippen LogP contribution in [-0.2, 0) is 0 Å². The fraction of sp³-hybridized carbons (Fsp3) is 0.100. The van der Waals surface area contributed by atoms with E-state index in [1.165, 1.54) is 18.3 Å². The van der Waals surface area contributed by atoms with Gasteiger partial charge < -0.3 is 4.74 Å². The molecule has 0 unspecified atom stereocenters. The van der Waals surface area contributed by atoms with Crippen LogP contribution in [0.1, 0.15) is 10.5 Å². The molecule has 0 saturated carbocycles. The lowest BCUT2D eigenvalue weighted by molar-refractivity contribution is -0.274. The van der Waals surface area contributed by atoms with E-state index in [1.54, 1.807) is 0 Å². The maximum atomic E-state index is 11.9. The van der Waals surface area contributed by atoms with Gasteiger partial charge in [0.2, 0.25) is 0 Å². The molecule has 0 N–H and O–H groups in total. The highest BCUT2D eigenvalue weighted by molar-refractivity contribution is 5.70. The summed E-state index contributed by atoms with van der Waals surface area (Å²) in [4.78, 5) is 11.5. The van der Waals surface area contributed by atoms with Crippen molar-refractivity contribution in [3.63, 3.8) is 0 Å². The number of carbonyl (C=O) groups is 1. The van der Waals surface area contributed by atoms with Crippen LogP contribution < -0.4 is 4.74 Å². The summed E-state index contributed by atoms with van der Waals surface area (Å²) in [6, 6.07) is 4.95. The molecule has 94 valence electrons. The normalized spacial score (nSPS) is 11.3. The largest absolute Gasteiger partial charge is 0.573 e. The molecule has 8 heteroatoms. The summed E-state index contributed by atoms with van der Waals surface area (Å²) in [5.74, 6) is -0.339. The quantitative estimate of drug-likeness (QED) is 0.789. The number of carbonyl (C=O) groups excluding carboxylic acids is 1. The molecule has 0 spiro atoms. The Kier molecular flexibility index (Phi) is 3.00. The number of halogens is 3. The molecule has 0 fully saturated rings. The number of ether oxygens (including phenoxy) is 1. The molecule has 1 aromatic carbocycles. The molecule has 0 aliphatic rings. The topological polar surface area (TPSA) is 57.0 Å². The first-order chi connectivity index (χ1) is 8.48. The van der Waals surface area contributed by atoms with E-state index in [9.17, 15) is 18.0 Å². The molecule has 18 heavy (non-hydrogen) atoms. The van der Waals surface area contributed by atoms with E-state index < -0.39 is 6.36 Å². The van der Waals surface area contributed by atoms with Crippen molar-refractivity contribution in [1.29, 1.82) is 0 Å². The number of rotatable bonds is 3. The zero-order chi connectivity index (χ0) is 13.2. The van der Waals surface area contributed by atoms with Crippen molar-refractivity contribution in [3.05, 3.63) is 36.2 Å². The van der Waals surface area contributed by atoms with E-state index in [0.29, 0.717) is 12.0 Å². The molecule has 0 aliphatic carbocycles. The second kappa shape index (κ2) is 4.47. The van der Waals surface area contributed by atoms with Gasteiger partial charge in [0.1, 0.15) is 11.4 Å². The van der Waals surface area contributed by atoms with Crippen molar-refractivity contribution in [1.82, 2.24) is 15.0 Å². The third-order valence-corrected chi connectivity index (χ3v) is 1.93. The molecular weight excluding hydrogens is 251 g/mol. The Labute approximate surface area is 98.8 Å². The Bertz CT molecular complexity index is 548. The van der Waals surface area contributed by atoms with Crippen molar-refractivity contribution in [2.24, 2.45) is 0 Å². The van der Waals surface area contributed by atoms with Gasteiger partial charge in [0.25, 0.3) is 0 Å². The van der Waals surface area contributed by atoms with E-state index in [1.807, 2.05) is 0 Å². The van der Waals surface area contributed by atoms with Gasteiger partial charge >= 0.3 is 6.36 Å². The highest BCUT2D eigenvalue weighted by Gasteiger charge is 2.30. The fourth-order valence-electron chi connectivity index (χ4n) is 1.23. The van der Waals surface area contributed by atoms with Crippen LogP contribution in [0.4, 0.5) is 13.2 Å². The first kappa shape index (κ1) is 12.1. The van der Waals surface area contributed by atoms with Crippen LogP contribution in [0.15, 0.2) is 30.5 Å². The smallest absolute Gasteiger partial charge is 0.406 e. The summed E-state index contributed by atoms with van der Waals surface area (Å²) in [5, 5.41) is 7.55. The molecule has 0 atom stereocenters. The second-order valence-corrected chi connectivity index (χ2v) is 3.22. The Morgan fingerprint density at radius 1 is 1.22 bits per heavy atom. The van der Waals surface area contributed by atoms with Crippen LogP contribution in [0, 0.1) is 0 Å². The van der Waals surface area contributed by atoms with Gasteiger partial charge in [-0.05, 0) is 24.3 Å². The van der Waals surface area contributed by atoms with Crippen LogP contribution >= 0.6 is 0 Å². The minimum atomic E-state index is -4.73. The molecular formula is C10H6F3N3O2. The lowest BCUT2D eigenvalue weighted by atomic mass is 10.3. The third kappa shape index (κ3) is 2.84.